The number of carbonyl (C=O) groups is 1. The summed E-state index contributed by atoms with van der Waals surface area (Å²) < 4.78 is 5.77. The van der Waals surface area contributed by atoms with E-state index in [2.05, 4.69) is 19.1 Å². The summed E-state index contributed by atoms with van der Waals surface area (Å²) in [5.74, 6) is -0.135. The van der Waals surface area contributed by atoms with E-state index >= 15 is 0 Å². The topological polar surface area (TPSA) is 46.5 Å². The van der Waals surface area contributed by atoms with Crippen LogP contribution in [0.5, 0.6) is 5.75 Å². The van der Waals surface area contributed by atoms with Gasteiger partial charge in [0.25, 0.3) is 0 Å². The van der Waals surface area contributed by atoms with Gasteiger partial charge in [-0.1, -0.05) is 48.5 Å². The van der Waals surface area contributed by atoms with E-state index in [1.54, 1.807) is 24.3 Å². The lowest BCUT2D eigenvalue weighted by Crippen LogP contribution is -1.98. The Morgan fingerprint density at radius 1 is 0.917 bits per heavy atom. The fourth-order valence-electron chi connectivity index (χ4n) is 2.54. The van der Waals surface area contributed by atoms with Crippen molar-refractivity contribution in [3.8, 4) is 16.9 Å². The molecule has 0 atom stereocenters. The Bertz CT molecular complexity index is 834. The van der Waals surface area contributed by atoms with Crippen molar-refractivity contribution in [1.82, 2.24) is 0 Å². The second kappa shape index (κ2) is 7.01. The lowest BCUT2D eigenvalue weighted by molar-refractivity contribution is 0.0697. The van der Waals surface area contributed by atoms with Crippen LogP contribution in [0.1, 0.15) is 21.5 Å². The van der Waals surface area contributed by atoms with E-state index in [1.165, 1.54) is 11.1 Å². The standard InChI is InChI=1S/C21H18O3/c1-15-4-2-3-5-20(15)17-10-12-19(13-11-17)24-14-16-6-8-18(9-7-16)21(22)23/h2-13H,14H2,1H3,(H,22,23). The maximum absolute atomic E-state index is 10.8. The van der Waals surface area contributed by atoms with Gasteiger partial charge in [-0.3, -0.25) is 0 Å². The minimum atomic E-state index is -0.922. The molecule has 0 fully saturated rings. The highest BCUT2D eigenvalue weighted by molar-refractivity contribution is 5.87. The normalized spacial score (nSPS) is 10.4. The van der Waals surface area contributed by atoms with E-state index in [1.807, 2.05) is 36.4 Å². The molecular formula is C21H18O3. The molecule has 0 spiro atoms. The van der Waals surface area contributed by atoms with E-state index in [4.69, 9.17) is 9.84 Å². The van der Waals surface area contributed by atoms with Gasteiger partial charge in [-0.2, -0.15) is 0 Å². The van der Waals surface area contributed by atoms with E-state index in [9.17, 15) is 4.79 Å². The molecule has 3 aromatic carbocycles. The van der Waals surface area contributed by atoms with Crippen LogP contribution in [-0.2, 0) is 6.61 Å². The van der Waals surface area contributed by atoms with Crippen molar-refractivity contribution in [2.24, 2.45) is 0 Å². The molecule has 0 aromatic heterocycles. The summed E-state index contributed by atoms with van der Waals surface area (Å²) in [5, 5.41) is 8.89. The first-order chi connectivity index (χ1) is 11.6. The van der Waals surface area contributed by atoms with Crippen LogP contribution in [0, 0.1) is 6.92 Å². The van der Waals surface area contributed by atoms with Crippen molar-refractivity contribution in [2.75, 3.05) is 0 Å². The number of aryl methyl sites for hydroxylation is 1. The number of hydrogen-bond acceptors (Lipinski definition) is 2. The number of hydrogen-bond donors (Lipinski definition) is 1. The third-order valence-electron chi connectivity index (χ3n) is 3.92. The summed E-state index contributed by atoms with van der Waals surface area (Å²) in [6, 6.07) is 23.0. The number of benzene rings is 3. The summed E-state index contributed by atoms with van der Waals surface area (Å²) in [7, 11) is 0. The molecule has 0 saturated heterocycles. The van der Waals surface area contributed by atoms with Crippen molar-refractivity contribution >= 4 is 5.97 Å². The van der Waals surface area contributed by atoms with Crippen LogP contribution in [0.25, 0.3) is 11.1 Å². The largest absolute Gasteiger partial charge is 0.489 e. The summed E-state index contributed by atoms with van der Waals surface area (Å²) >= 11 is 0. The number of carboxylic acid groups (broad SMARTS) is 1. The van der Waals surface area contributed by atoms with Crippen LogP contribution < -0.4 is 4.74 Å². The Hall–Kier alpha value is -3.07. The minimum absolute atomic E-state index is 0.279. The summed E-state index contributed by atoms with van der Waals surface area (Å²) in [4.78, 5) is 10.8. The van der Waals surface area contributed by atoms with E-state index in [0.717, 1.165) is 16.9 Å². The van der Waals surface area contributed by atoms with Crippen molar-refractivity contribution in [1.29, 1.82) is 0 Å². The van der Waals surface area contributed by atoms with Gasteiger partial charge in [0.2, 0.25) is 0 Å². The predicted molar refractivity (Wildman–Crippen MR) is 94.3 cm³/mol. The van der Waals surface area contributed by atoms with Crippen molar-refractivity contribution in [3.63, 3.8) is 0 Å². The van der Waals surface area contributed by atoms with Crippen LogP contribution in [0.15, 0.2) is 72.8 Å². The first-order valence-electron chi connectivity index (χ1n) is 7.74. The van der Waals surface area contributed by atoms with Gasteiger partial charge in [0.15, 0.2) is 0 Å². The molecule has 0 heterocycles. The first-order valence-corrected chi connectivity index (χ1v) is 7.74. The maximum atomic E-state index is 10.8. The quantitative estimate of drug-likeness (QED) is 0.725. The van der Waals surface area contributed by atoms with Crippen LogP contribution in [0.4, 0.5) is 0 Å². The lowest BCUT2D eigenvalue weighted by Gasteiger charge is -2.09. The van der Waals surface area contributed by atoms with Crippen molar-refractivity contribution < 1.29 is 14.6 Å². The second-order valence-corrected chi connectivity index (χ2v) is 5.63. The highest BCUT2D eigenvalue weighted by Crippen LogP contribution is 2.25. The van der Waals surface area contributed by atoms with Gasteiger partial charge in [-0.25, -0.2) is 4.79 Å². The number of rotatable bonds is 5. The molecule has 0 unspecified atom stereocenters. The molecule has 0 bridgehead atoms. The third kappa shape index (κ3) is 3.63. The smallest absolute Gasteiger partial charge is 0.335 e. The minimum Gasteiger partial charge on any atom is -0.489 e. The molecule has 1 N–H and O–H groups in total. The van der Waals surface area contributed by atoms with Gasteiger partial charge in [-0.15, -0.1) is 0 Å². The Kier molecular flexibility index (Phi) is 4.62. The highest BCUT2D eigenvalue weighted by Gasteiger charge is 2.04. The Morgan fingerprint density at radius 3 is 2.21 bits per heavy atom. The monoisotopic (exact) mass is 318 g/mol. The molecule has 3 rings (SSSR count). The van der Waals surface area contributed by atoms with E-state index < -0.39 is 5.97 Å². The van der Waals surface area contributed by atoms with Gasteiger partial charge in [0.05, 0.1) is 5.56 Å². The van der Waals surface area contributed by atoms with Crippen molar-refractivity contribution in [3.05, 3.63) is 89.5 Å². The zero-order valence-corrected chi connectivity index (χ0v) is 13.4. The van der Waals surface area contributed by atoms with Gasteiger partial charge >= 0.3 is 5.97 Å². The average Bonchev–Trinajstić information content (AvgIpc) is 2.61. The molecule has 0 aliphatic rings. The molecule has 3 aromatic rings. The fraction of sp³-hybridized carbons (Fsp3) is 0.0952. The summed E-state index contributed by atoms with van der Waals surface area (Å²) in [6.07, 6.45) is 0. The summed E-state index contributed by atoms with van der Waals surface area (Å²) in [6.45, 7) is 2.50. The summed E-state index contributed by atoms with van der Waals surface area (Å²) in [5.41, 5.74) is 4.83. The number of ether oxygens (including phenoxy) is 1. The SMILES string of the molecule is Cc1ccccc1-c1ccc(OCc2ccc(C(=O)O)cc2)cc1. The zero-order valence-electron chi connectivity index (χ0n) is 13.4. The zero-order chi connectivity index (χ0) is 16.9. The Balaban J connectivity index is 1.66. The molecule has 0 saturated carbocycles. The second-order valence-electron chi connectivity index (χ2n) is 5.63. The third-order valence-corrected chi connectivity index (χ3v) is 3.92. The Labute approximate surface area is 141 Å². The van der Waals surface area contributed by atoms with E-state index in [-0.39, 0.29) is 5.56 Å². The molecule has 0 aliphatic heterocycles. The molecule has 0 aliphatic carbocycles. The van der Waals surface area contributed by atoms with Crippen LogP contribution >= 0.6 is 0 Å². The first kappa shape index (κ1) is 15.8. The molecule has 3 nitrogen and oxygen atoms in total. The van der Waals surface area contributed by atoms with Crippen LogP contribution in [0.2, 0.25) is 0 Å². The van der Waals surface area contributed by atoms with Gasteiger partial charge in [0.1, 0.15) is 12.4 Å². The van der Waals surface area contributed by atoms with E-state index in [0.29, 0.717) is 6.61 Å². The lowest BCUT2D eigenvalue weighted by atomic mass is 10.0. The fourth-order valence-corrected chi connectivity index (χ4v) is 2.54. The van der Waals surface area contributed by atoms with Crippen molar-refractivity contribution in [2.45, 2.75) is 13.5 Å². The Morgan fingerprint density at radius 2 is 1.58 bits per heavy atom. The molecular weight excluding hydrogens is 300 g/mol. The molecule has 0 amide bonds. The number of carboxylic acids is 1. The molecule has 3 heteroatoms. The van der Waals surface area contributed by atoms with Gasteiger partial charge < -0.3 is 9.84 Å². The average molecular weight is 318 g/mol. The van der Waals surface area contributed by atoms with Crippen LogP contribution in [-0.4, -0.2) is 11.1 Å². The highest BCUT2D eigenvalue weighted by atomic mass is 16.5. The van der Waals surface area contributed by atoms with Crippen LogP contribution in [0.3, 0.4) is 0 Å². The molecule has 120 valence electrons. The molecule has 24 heavy (non-hydrogen) atoms. The maximum Gasteiger partial charge on any atom is 0.335 e. The molecule has 0 radical (unpaired) electrons. The predicted octanol–water partition coefficient (Wildman–Crippen LogP) is 4.94. The van der Waals surface area contributed by atoms with Gasteiger partial charge in [0, 0.05) is 0 Å². The van der Waals surface area contributed by atoms with Gasteiger partial charge in [-0.05, 0) is 53.4 Å². The number of aromatic carboxylic acids is 1.